The standard InChI is InChI=1S/C13H9Cl3O2/c14-9-2-1-8(7-17)13(6-9)18-12-4-10(15)3-11(16)5-12/h1-6,17H,7H2. The van der Waals surface area contributed by atoms with E-state index in [9.17, 15) is 5.11 Å². The first-order valence-electron chi connectivity index (χ1n) is 5.12. The molecule has 0 fully saturated rings. The highest BCUT2D eigenvalue weighted by Gasteiger charge is 2.07. The van der Waals surface area contributed by atoms with Gasteiger partial charge in [0.15, 0.2) is 0 Å². The van der Waals surface area contributed by atoms with Crippen molar-refractivity contribution < 1.29 is 9.84 Å². The largest absolute Gasteiger partial charge is 0.457 e. The Labute approximate surface area is 120 Å². The van der Waals surface area contributed by atoms with E-state index in [0.29, 0.717) is 32.1 Å². The highest BCUT2D eigenvalue weighted by molar-refractivity contribution is 6.34. The lowest BCUT2D eigenvalue weighted by molar-refractivity contribution is 0.276. The number of ether oxygens (including phenoxy) is 1. The molecule has 0 aliphatic carbocycles. The van der Waals surface area contributed by atoms with E-state index >= 15 is 0 Å². The van der Waals surface area contributed by atoms with Crippen LogP contribution in [0.3, 0.4) is 0 Å². The average molecular weight is 304 g/mol. The minimum absolute atomic E-state index is 0.138. The molecule has 2 aromatic rings. The zero-order valence-electron chi connectivity index (χ0n) is 9.16. The van der Waals surface area contributed by atoms with E-state index in [1.807, 2.05) is 0 Å². The summed E-state index contributed by atoms with van der Waals surface area (Å²) in [5.41, 5.74) is 0.635. The van der Waals surface area contributed by atoms with Gasteiger partial charge in [-0.25, -0.2) is 0 Å². The van der Waals surface area contributed by atoms with Gasteiger partial charge in [0.1, 0.15) is 11.5 Å². The van der Waals surface area contributed by atoms with E-state index in [1.54, 1.807) is 36.4 Å². The van der Waals surface area contributed by atoms with Gasteiger partial charge in [-0.05, 0) is 30.3 Å². The summed E-state index contributed by atoms with van der Waals surface area (Å²) in [4.78, 5) is 0. The summed E-state index contributed by atoms with van der Waals surface area (Å²) in [5.74, 6) is 0.966. The van der Waals surface area contributed by atoms with Crippen molar-refractivity contribution >= 4 is 34.8 Å². The zero-order chi connectivity index (χ0) is 13.1. The maximum absolute atomic E-state index is 9.22. The number of rotatable bonds is 3. The minimum atomic E-state index is -0.138. The first-order valence-corrected chi connectivity index (χ1v) is 6.25. The van der Waals surface area contributed by atoms with Crippen LogP contribution in [0.1, 0.15) is 5.56 Å². The van der Waals surface area contributed by atoms with Gasteiger partial charge in [-0.15, -0.1) is 0 Å². The topological polar surface area (TPSA) is 29.5 Å². The van der Waals surface area contributed by atoms with Crippen LogP contribution in [0.25, 0.3) is 0 Å². The molecule has 2 nitrogen and oxygen atoms in total. The molecule has 1 N–H and O–H groups in total. The molecule has 0 unspecified atom stereocenters. The van der Waals surface area contributed by atoms with Gasteiger partial charge in [0.05, 0.1) is 6.61 Å². The summed E-state index contributed by atoms with van der Waals surface area (Å²) in [6, 6.07) is 9.89. The fraction of sp³-hybridized carbons (Fsp3) is 0.0769. The van der Waals surface area contributed by atoms with Crippen LogP contribution in [0.5, 0.6) is 11.5 Å². The number of benzene rings is 2. The second-order valence-corrected chi connectivity index (χ2v) is 4.93. The highest BCUT2D eigenvalue weighted by Crippen LogP contribution is 2.31. The van der Waals surface area contributed by atoms with E-state index in [1.165, 1.54) is 0 Å². The van der Waals surface area contributed by atoms with E-state index in [-0.39, 0.29) is 6.61 Å². The molecule has 0 aromatic heterocycles. The van der Waals surface area contributed by atoms with E-state index < -0.39 is 0 Å². The molecular formula is C13H9Cl3O2. The predicted molar refractivity (Wildman–Crippen MR) is 73.9 cm³/mol. The Hall–Kier alpha value is -0.930. The van der Waals surface area contributed by atoms with Crippen LogP contribution in [-0.4, -0.2) is 5.11 Å². The van der Waals surface area contributed by atoms with Crippen molar-refractivity contribution in [2.45, 2.75) is 6.61 Å². The van der Waals surface area contributed by atoms with Crippen molar-refractivity contribution in [2.75, 3.05) is 0 Å². The average Bonchev–Trinajstić information content (AvgIpc) is 2.27. The molecule has 0 bridgehead atoms. The quantitative estimate of drug-likeness (QED) is 0.871. The van der Waals surface area contributed by atoms with Crippen molar-refractivity contribution in [3.05, 3.63) is 57.0 Å². The second-order valence-electron chi connectivity index (χ2n) is 3.62. The van der Waals surface area contributed by atoms with Gasteiger partial charge in [0, 0.05) is 20.6 Å². The highest BCUT2D eigenvalue weighted by atomic mass is 35.5. The molecule has 94 valence electrons. The van der Waals surface area contributed by atoms with Crippen molar-refractivity contribution in [1.29, 1.82) is 0 Å². The third kappa shape index (κ3) is 3.30. The van der Waals surface area contributed by atoms with Crippen LogP contribution < -0.4 is 4.74 Å². The molecule has 0 saturated carbocycles. The van der Waals surface area contributed by atoms with Crippen LogP contribution in [0.4, 0.5) is 0 Å². The summed E-state index contributed by atoms with van der Waals surface area (Å²) in [5, 5.41) is 10.7. The van der Waals surface area contributed by atoms with Crippen molar-refractivity contribution in [2.24, 2.45) is 0 Å². The molecule has 0 saturated heterocycles. The lowest BCUT2D eigenvalue weighted by atomic mass is 10.2. The normalized spacial score (nSPS) is 10.4. The Bertz CT molecular complexity index is 550. The number of aliphatic hydroxyl groups is 1. The summed E-state index contributed by atoms with van der Waals surface area (Å²) in [6.07, 6.45) is 0. The lowest BCUT2D eigenvalue weighted by Crippen LogP contribution is -1.91. The molecule has 2 rings (SSSR count). The van der Waals surface area contributed by atoms with Gasteiger partial charge in [0.25, 0.3) is 0 Å². The molecule has 0 radical (unpaired) electrons. The number of aliphatic hydroxyl groups excluding tert-OH is 1. The van der Waals surface area contributed by atoms with E-state index in [0.717, 1.165) is 0 Å². The smallest absolute Gasteiger partial charge is 0.134 e. The molecule has 0 heterocycles. The first-order chi connectivity index (χ1) is 8.58. The summed E-state index contributed by atoms with van der Waals surface area (Å²) < 4.78 is 5.63. The maximum Gasteiger partial charge on any atom is 0.134 e. The third-order valence-electron chi connectivity index (χ3n) is 2.26. The van der Waals surface area contributed by atoms with Gasteiger partial charge < -0.3 is 9.84 Å². The fourth-order valence-corrected chi connectivity index (χ4v) is 2.14. The van der Waals surface area contributed by atoms with Gasteiger partial charge in [-0.3, -0.25) is 0 Å². The van der Waals surface area contributed by atoms with Crippen LogP contribution in [0.2, 0.25) is 15.1 Å². The predicted octanol–water partition coefficient (Wildman–Crippen LogP) is 4.93. The summed E-state index contributed by atoms with van der Waals surface area (Å²) in [7, 11) is 0. The van der Waals surface area contributed by atoms with Gasteiger partial charge in [-0.2, -0.15) is 0 Å². The van der Waals surface area contributed by atoms with Crippen LogP contribution >= 0.6 is 34.8 Å². The number of halogens is 3. The fourth-order valence-electron chi connectivity index (χ4n) is 1.47. The third-order valence-corrected chi connectivity index (χ3v) is 2.93. The van der Waals surface area contributed by atoms with Crippen molar-refractivity contribution in [1.82, 2.24) is 0 Å². The molecular weight excluding hydrogens is 294 g/mol. The molecule has 2 aromatic carbocycles. The van der Waals surface area contributed by atoms with Crippen LogP contribution in [0, 0.1) is 0 Å². The van der Waals surface area contributed by atoms with Crippen LogP contribution in [0.15, 0.2) is 36.4 Å². The first kappa shape index (κ1) is 13.5. The lowest BCUT2D eigenvalue weighted by Gasteiger charge is -2.10. The second kappa shape index (κ2) is 5.81. The van der Waals surface area contributed by atoms with E-state index in [4.69, 9.17) is 39.5 Å². The number of hydrogen-bond donors (Lipinski definition) is 1. The Kier molecular flexibility index (Phi) is 4.36. The molecule has 0 amide bonds. The van der Waals surface area contributed by atoms with Crippen molar-refractivity contribution in [3.63, 3.8) is 0 Å². The monoisotopic (exact) mass is 302 g/mol. The maximum atomic E-state index is 9.22. The molecule has 18 heavy (non-hydrogen) atoms. The Morgan fingerprint density at radius 3 is 2.17 bits per heavy atom. The molecule has 5 heteroatoms. The molecule has 0 aliphatic rings. The van der Waals surface area contributed by atoms with Crippen molar-refractivity contribution in [3.8, 4) is 11.5 Å². The number of hydrogen-bond acceptors (Lipinski definition) is 2. The van der Waals surface area contributed by atoms with Gasteiger partial charge >= 0.3 is 0 Å². The summed E-state index contributed by atoms with van der Waals surface area (Å²) >= 11 is 17.7. The van der Waals surface area contributed by atoms with Gasteiger partial charge in [0.2, 0.25) is 0 Å². The SMILES string of the molecule is OCc1ccc(Cl)cc1Oc1cc(Cl)cc(Cl)c1. The Morgan fingerprint density at radius 2 is 1.56 bits per heavy atom. The molecule has 0 atom stereocenters. The zero-order valence-corrected chi connectivity index (χ0v) is 11.4. The Morgan fingerprint density at radius 1 is 0.889 bits per heavy atom. The van der Waals surface area contributed by atoms with Crippen LogP contribution in [-0.2, 0) is 6.61 Å². The Balaban J connectivity index is 2.35. The van der Waals surface area contributed by atoms with E-state index in [2.05, 4.69) is 0 Å². The molecule has 0 aliphatic heterocycles. The molecule has 0 spiro atoms. The summed E-state index contributed by atoms with van der Waals surface area (Å²) in [6.45, 7) is -0.138. The van der Waals surface area contributed by atoms with Gasteiger partial charge in [-0.1, -0.05) is 40.9 Å². The minimum Gasteiger partial charge on any atom is -0.457 e.